The number of aromatic nitrogens is 2. The fourth-order valence-electron chi connectivity index (χ4n) is 1.66. The summed E-state index contributed by atoms with van der Waals surface area (Å²) in [5.41, 5.74) is 0. The summed E-state index contributed by atoms with van der Waals surface area (Å²) < 4.78 is 27.1. The fraction of sp³-hybridized carbons (Fsp3) is 0.417. The highest BCUT2D eigenvalue weighted by Gasteiger charge is 2.16. The van der Waals surface area contributed by atoms with Gasteiger partial charge in [0, 0.05) is 36.8 Å². The first-order valence-electron chi connectivity index (χ1n) is 6.39. The largest absolute Gasteiger partial charge is 0.349 e. The van der Waals surface area contributed by atoms with Crippen LogP contribution in [0.1, 0.15) is 17.6 Å². The second kappa shape index (κ2) is 6.98. The van der Waals surface area contributed by atoms with E-state index in [1.54, 1.807) is 18.5 Å². The van der Waals surface area contributed by atoms with Gasteiger partial charge in [0.15, 0.2) is 0 Å². The Morgan fingerprint density at radius 1 is 1.40 bits per heavy atom. The highest BCUT2D eigenvalue weighted by Crippen LogP contribution is 2.21. The average molecular weight is 314 g/mol. The maximum atomic E-state index is 12.1. The number of nitrogens with one attached hydrogen (secondary N) is 3. The zero-order chi connectivity index (χ0) is 14.4. The summed E-state index contributed by atoms with van der Waals surface area (Å²) in [7, 11) is -3.42. The Kier molecular flexibility index (Phi) is 5.30. The number of imidazole rings is 1. The van der Waals surface area contributed by atoms with Crippen molar-refractivity contribution in [2.24, 2.45) is 0 Å². The number of thiophene rings is 1. The lowest BCUT2D eigenvalue weighted by Crippen LogP contribution is -2.25. The van der Waals surface area contributed by atoms with Gasteiger partial charge in [-0.1, -0.05) is 6.92 Å². The highest BCUT2D eigenvalue weighted by molar-refractivity contribution is 7.91. The number of hydrogen-bond donors (Lipinski definition) is 3. The Bertz CT molecular complexity index is 620. The fourth-order valence-corrected chi connectivity index (χ4v) is 4.06. The number of nitrogens with zero attached hydrogens (tertiary/aromatic N) is 1. The molecule has 0 spiro atoms. The summed E-state index contributed by atoms with van der Waals surface area (Å²) in [4.78, 5) is 8.00. The second-order valence-electron chi connectivity index (χ2n) is 4.18. The van der Waals surface area contributed by atoms with Crippen LogP contribution in [0.4, 0.5) is 0 Å². The van der Waals surface area contributed by atoms with Gasteiger partial charge < -0.3 is 10.3 Å². The minimum Gasteiger partial charge on any atom is -0.349 e. The summed E-state index contributed by atoms with van der Waals surface area (Å²) in [6, 6.07) is 3.49. The number of rotatable bonds is 8. The van der Waals surface area contributed by atoms with Gasteiger partial charge in [0.25, 0.3) is 0 Å². The molecule has 0 saturated heterocycles. The van der Waals surface area contributed by atoms with E-state index in [-0.39, 0.29) is 0 Å². The van der Waals surface area contributed by atoms with Gasteiger partial charge >= 0.3 is 0 Å². The van der Waals surface area contributed by atoms with Crippen molar-refractivity contribution in [1.82, 2.24) is 20.0 Å². The van der Waals surface area contributed by atoms with Crippen LogP contribution in [0.25, 0.3) is 0 Å². The van der Waals surface area contributed by atoms with Crippen LogP contribution in [-0.4, -0.2) is 31.5 Å². The molecule has 0 aromatic carbocycles. The van der Waals surface area contributed by atoms with Gasteiger partial charge in [-0.3, -0.25) is 0 Å². The first-order valence-corrected chi connectivity index (χ1v) is 8.69. The second-order valence-corrected chi connectivity index (χ2v) is 7.35. The van der Waals surface area contributed by atoms with E-state index in [0.29, 0.717) is 23.7 Å². The van der Waals surface area contributed by atoms with Gasteiger partial charge in [0.1, 0.15) is 10.0 Å². The maximum Gasteiger partial charge on any atom is 0.250 e. The summed E-state index contributed by atoms with van der Waals surface area (Å²) in [6.45, 7) is 3.90. The van der Waals surface area contributed by atoms with E-state index < -0.39 is 10.0 Å². The molecule has 20 heavy (non-hydrogen) atoms. The number of aromatic amines is 1. The van der Waals surface area contributed by atoms with E-state index in [1.807, 2.05) is 13.0 Å². The minimum atomic E-state index is -3.42. The number of hydrogen-bond acceptors (Lipinski definition) is 5. The molecule has 0 amide bonds. The molecule has 0 bridgehead atoms. The lowest BCUT2D eigenvalue weighted by molar-refractivity contribution is 0.583. The molecule has 2 rings (SSSR count). The molecular weight excluding hydrogens is 296 g/mol. The summed E-state index contributed by atoms with van der Waals surface area (Å²) in [5, 5.41) is 3.17. The standard InChI is InChI=1S/C12H18N4O2S2/c1-2-13-9-10-3-4-12(19-10)20(17,18)16-6-5-11-14-7-8-15-11/h3-4,7-8,13,16H,2,5-6,9H2,1H3,(H,14,15). The average Bonchev–Trinajstić information content (AvgIpc) is 3.07. The monoisotopic (exact) mass is 314 g/mol. The molecule has 2 heterocycles. The Labute approximate surface area is 122 Å². The van der Waals surface area contributed by atoms with Gasteiger partial charge in [-0.25, -0.2) is 18.1 Å². The Balaban J connectivity index is 1.90. The van der Waals surface area contributed by atoms with Gasteiger partial charge in [-0.15, -0.1) is 11.3 Å². The molecule has 0 saturated carbocycles. The van der Waals surface area contributed by atoms with Crippen LogP contribution < -0.4 is 10.0 Å². The highest BCUT2D eigenvalue weighted by atomic mass is 32.2. The maximum absolute atomic E-state index is 12.1. The zero-order valence-corrected chi connectivity index (χ0v) is 12.9. The molecule has 0 unspecified atom stereocenters. The summed E-state index contributed by atoms with van der Waals surface area (Å²) >= 11 is 1.29. The van der Waals surface area contributed by atoms with E-state index in [4.69, 9.17) is 0 Å². The quantitative estimate of drug-likeness (QED) is 0.681. The molecule has 0 atom stereocenters. The third-order valence-corrected chi connectivity index (χ3v) is 5.70. The van der Waals surface area contributed by atoms with E-state index in [2.05, 4.69) is 20.0 Å². The molecule has 0 aliphatic rings. The zero-order valence-electron chi connectivity index (χ0n) is 11.2. The summed E-state index contributed by atoms with van der Waals surface area (Å²) in [6.07, 6.45) is 3.91. The van der Waals surface area contributed by atoms with Crippen molar-refractivity contribution in [3.05, 3.63) is 35.2 Å². The van der Waals surface area contributed by atoms with E-state index >= 15 is 0 Å². The number of sulfonamides is 1. The van der Waals surface area contributed by atoms with Crippen molar-refractivity contribution >= 4 is 21.4 Å². The van der Waals surface area contributed by atoms with Crippen LogP contribution in [0.2, 0.25) is 0 Å². The molecule has 0 radical (unpaired) electrons. The molecule has 2 aromatic rings. The van der Waals surface area contributed by atoms with Crippen LogP contribution in [-0.2, 0) is 23.0 Å². The number of H-pyrrole nitrogens is 1. The summed E-state index contributed by atoms with van der Waals surface area (Å²) in [5.74, 6) is 0.770. The normalized spacial score (nSPS) is 11.8. The Morgan fingerprint density at radius 2 is 2.25 bits per heavy atom. The Hall–Kier alpha value is -1.22. The van der Waals surface area contributed by atoms with Crippen LogP contribution in [0, 0.1) is 0 Å². The third kappa shape index (κ3) is 4.14. The van der Waals surface area contributed by atoms with Crippen molar-refractivity contribution in [2.45, 2.75) is 24.1 Å². The SMILES string of the molecule is CCNCc1ccc(S(=O)(=O)NCCc2ncc[nH]2)s1. The van der Waals surface area contributed by atoms with Crippen LogP contribution in [0.3, 0.4) is 0 Å². The van der Waals surface area contributed by atoms with E-state index in [1.165, 1.54) is 11.3 Å². The van der Waals surface area contributed by atoms with Crippen molar-refractivity contribution in [2.75, 3.05) is 13.1 Å². The van der Waals surface area contributed by atoms with Gasteiger partial charge in [0.05, 0.1) is 0 Å². The van der Waals surface area contributed by atoms with Gasteiger partial charge in [-0.05, 0) is 18.7 Å². The lowest BCUT2D eigenvalue weighted by Gasteiger charge is -2.03. The van der Waals surface area contributed by atoms with Crippen molar-refractivity contribution in [3.8, 4) is 0 Å². The lowest BCUT2D eigenvalue weighted by atomic mass is 10.4. The van der Waals surface area contributed by atoms with E-state index in [0.717, 1.165) is 17.2 Å². The molecular formula is C12H18N4O2S2. The topological polar surface area (TPSA) is 86.9 Å². The molecule has 6 nitrogen and oxygen atoms in total. The molecule has 3 N–H and O–H groups in total. The van der Waals surface area contributed by atoms with E-state index in [9.17, 15) is 8.42 Å². The minimum absolute atomic E-state index is 0.330. The van der Waals surface area contributed by atoms with Crippen molar-refractivity contribution < 1.29 is 8.42 Å². The predicted octanol–water partition coefficient (Wildman–Crippen LogP) is 1.10. The Morgan fingerprint density at radius 3 is 2.95 bits per heavy atom. The molecule has 8 heteroatoms. The smallest absolute Gasteiger partial charge is 0.250 e. The van der Waals surface area contributed by atoms with Gasteiger partial charge in [0.2, 0.25) is 10.0 Å². The first-order chi connectivity index (χ1) is 9.62. The van der Waals surface area contributed by atoms with Crippen LogP contribution in [0.5, 0.6) is 0 Å². The van der Waals surface area contributed by atoms with Crippen LogP contribution in [0.15, 0.2) is 28.7 Å². The van der Waals surface area contributed by atoms with Crippen LogP contribution >= 0.6 is 11.3 Å². The van der Waals surface area contributed by atoms with Gasteiger partial charge in [-0.2, -0.15) is 0 Å². The molecule has 0 aliphatic carbocycles. The third-order valence-electron chi connectivity index (χ3n) is 2.66. The predicted molar refractivity (Wildman–Crippen MR) is 79.2 cm³/mol. The van der Waals surface area contributed by atoms with Crippen molar-refractivity contribution in [1.29, 1.82) is 0 Å². The van der Waals surface area contributed by atoms with Crippen molar-refractivity contribution in [3.63, 3.8) is 0 Å². The first kappa shape index (κ1) is 15.2. The molecule has 0 fully saturated rings. The molecule has 2 aromatic heterocycles. The molecule has 0 aliphatic heterocycles. The molecule has 110 valence electrons.